The number of amides is 1. The van der Waals surface area contributed by atoms with Crippen LogP contribution < -0.4 is 5.32 Å². The molecule has 1 aromatic heterocycles. The smallest absolute Gasteiger partial charge is 0.229 e. The minimum absolute atomic E-state index is 0.0794. The zero-order valence-corrected chi connectivity index (χ0v) is 10.5. The van der Waals surface area contributed by atoms with E-state index < -0.39 is 0 Å². The highest BCUT2D eigenvalue weighted by Gasteiger charge is 2.07. The first-order chi connectivity index (χ1) is 8.65. The molecule has 1 heterocycles. The summed E-state index contributed by atoms with van der Waals surface area (Å²) in [6, 6.07) is 6.10. The number of hydrogen-bond donors (Lipinski definition) is 1. The molecular formula is C14H15N3O. The van der Waals surface area contributed by atoms with Gasteiger partial charge in [0, 0.05) is 12.4 Å². The maximum absolute atomic E-state index is 11.9. The molecule has 18 heavy (non-hydrogen) atoms. The number of carbonyl (C=O) groups is 1. The Morgan fingerprint density at radius 2 is 2.11 bits per heavy atom. The Hall–Kier alpha value is -2.23. The SMILES string of the molecule is Cc1ccc(C)c(CC(=O)Nc2cnccn2)c1. The molecule has 0 spiro atoms. The number of nitrogens with one attached hydrogen (secondary N) is 1. The number of aryl methyl sites for hydroxylation is 2. The van der Waals surface area contributed by atoms with Gasteiger partial charge < -0.3 is 5.32 Å². The monoisotopic (exact) mass is 241 g/mol. The topological polar surface area (TPSA) is 54.9 Å². The average molecular weight is 241 g/mol. The van der Waals surface area contributed by atoms with Crippen molar-refractivity contribution in [2.24, 2.45) is 0 Å². The maximum Gasteiger partial charge on any atom is 0.229 e. The Morgan fingerprint density at radius 3 is 2.83 bits per heavy atom. The van der Waals surface area contributed by atoms with Gasteiger partial charge in [0.2, 0.25) is 5.91 Å². The van der Waals surface area contributed by atoms with Gasteiger partial charge in [-0.15, -0.1) is 0 Å². The van der Waals surface area contributed by atoms with Crippen molar-refractivity contribution in [3.8, 4) is 0 Å². The van der Waals surface area contributed by atoms with Crippen molar-refractivity contribution in [1.29, 1.82) is 0 Å². The Balaban J connectivity index is 2.05. The van der Waals surface area contributed by atoms with E-state index in [9.17, 15) is 4.79 Å². The van der Waals surface area contributed by atoms with E-state index in [4.69, 9.17) is 0 Å². The number of anilines is 1. The van der Waals surface area contributed by atoms with Gasteiger partial charge in [-0.25, -0.2) is 4.98 Å². The molecule has 2 rings (SSSR count). The molecule has 0 aliphatic heterocycles. The maximum atomic E-state index is 11.9. The number of carbonyl (C=O) groups excluding carboxylic acids is 1. The number of benzene rings is 1. The Labute approximate surface area is 106 Å². The molecule has 0 unspecified atom stereocenters. The quantitative estimate of drug-likeness (QED) is 0.896. The lowest BCUT2D eigenvalue weighted by Gasteiger charge is -2.07. The summed E-state index contributed by atoms with van der Waals surface area (Å²) in [6.07, 6.45) is 5.00. The summed E-state index contributed by atoms with van der Waals surface area (Å²) >= 11 is 0. The molecule has 1 aromatic carbocycles. The van der Waals surface area contributed by atoms with Crippen LogP contribution in [0.5, 0.6) is 0 Å². The molecule has 0 saturated carbocycles. The number of hydrogen-bond acceptors (Lipinski definition) is 3. The lowest BCUT2D eigenvalue weighted by molar-refractivity contribution is -0.115. The van der Waals surface area contributed by atoms with E-state index in [-0.39, 0.29) is 5.91 Å². The zero-order valence-electron chi connectivity index (χ0n) is 10.5. The van der Waals surface area contributed by atoms with Crippen molar-refractivity contribution in [1.82, 2.24) is 9.97 Å². The van der Waals surface area contributed by atoms with Crippen molar-refractivity contribution in [2.75, 3.05) is 5.32 Å². The summed E-state index contributed by atoms with van der Waals surface area (Å²) in [7, 11) is 0. The van der Waals surface area contributed by atoms with Crippen LogP contribution in [0, 0.1) is 13.8 Å². The molecule has 0 saturated heterocycles. The van der Waals surface area contributed by atoms with Gasteiger partial charge in [0.05, 0.1) is 12.6 Å². The third-order valence-corrected chi connectivity index (χ3v) is 2.69. The van der Waals surface area contributed by atoms with Crippen LogP contribution in [0.25, 0.3) is 0 Å². The van der Waals surface area contributed by atoms with E-state index in [0.717, 1.165) is 16.7 Å². The highest BCUT2D eigenvalue weighted by Crippen LogP contribution is 2.12. The first kappa shape index (κ1) is 12.2. The summed E-state index contributed by atoms with van der Waals surface area (Å²) in [5, 5.41) is 2.72. The van der Waals surface area contributed by atoms with Crippen molar-refractivity contribution in [3.63, 3.8) is 0 Å². The fraction of sp³-hybridized carbons (Fsp3) is 0.214. The summed E-state index contributed by atoms with van der Waals surface area (Å²) in [5.74, 6) is 0.400. The van der Waals surface area contributed by atoms with Gasteiger partial charge in [0.25, 0.3) is 0 Å². The average Bonchev–Trinajstić information content (AvgIpc) is 2.35. The van der Waals surface area contributed by atoms with E-state index in [1.165, 1.54) is 6.20 Å². The molecule has 4 nitrogen and oxygen atoms in total. The van der Waals surface area contributed by atoms with Crippen LogP contribution in [0.1, 0.15) is 16.7 Å². The Kier molecular flexibility index (Phi) is 3.67. The minimum atomic E-state index is -0.0794. The first-order valence-electron chi connectivity index (χ1n) is 5.77. The number of rotatable bonds is 3. The van der Waals surface area contributed by atoms with Gasteiger partial charge in [-0.3, -0.25) is 9.78 Å². The lowest BCUT2D eigenvalue weighted by Crippen LogP contribution is -2.16. The standard InChI is InChI=1S/C14H15N3O/c1-10-3-4-11(2)12(7-10)8-14(18)17-13-9-15-5-6-16-13/h3-7,9H,8H2,1-2H3,(H,16,17,18). The van der Waals surface area contributed by atoms with Crippen LogP contribution in [0.15, 0.2) is 36.8 Å². The molecule has 0 bridgehead atoms. The molecule has 0 fully saturated rings. The zero-order chi connectivity index (χ0) is 13.0. The molecule has 4 heteroatoms. The van der Waals surface area contributed by atoms with E-state index in [1.54, 1.807) is 12.4 Å². The fourth-order valence-electron chi connectivity index (χ4n) is 1.71. The van der Waals surface area contributed by atoms with Gasteiger partial charge in [-0.2, -0.15) is 0 Å². The van der Waals surface area contributed by atoms with E-state index >= 15 is 0 Å². The van der Waals surface area contributed by atoms with Crippen LogP contribution in [0.4, 0.5) is 5.82 Å². The summed E-state index contributed by atoms with van der Waals surface area (Å²) in [5.41, 5.74) is 3.31. The fourth-order valence-corrected chi connectivity index (χ4v) is 1.71. The molecule has 0 atom stereocenters. The van der Waals surface area contributed by atoms with Gasteiger partial charge in [0.1, 0.15) is 0 Å². The van der Waals surface area contributed by atoms with Crippen molar-refractivity contribution in [2.45, 2.75) is 20.3 Å². The van der Waals surface area contributed by atoms with Crippen LogP contribution in [0.3, 0.4) is 0 Å². The third kappa shape index (κ3) is 3.13. The number of aromatic nitrogens is 2. The van der Waals surface area contributed by atoms with Gasteiger partial charge in [0.15, 0.2) is 5.82 Å². The van der Waals surface area contributed by atoms with Crippen LogP contribution in [-0.2, 0) is 11.2 Å². The molecule has 0 aliphatic rings. The minimum Gasteiger partial charge on any atom is -0.309 e. The normalized spacial score (nSPS) is 10.1. The molecule has 1 amide bonds. The molecule has 1 N–H and O–H groups in total. The molecule has 0 radical (unpaired) electrons. The summed E-state index contributed by atoms with van der Waals surface area (Å²) in [4.78, 5) is 19.8. The molecule has 2 aromatic rings. The van der Waals surface area contributed by atoms with Crippen LogP contribution in [0.2, 0.25) is 0 Å². The predicted octanol–water partition coefficient (Wildman–Crippen LogP) is 2.27. The van der Waals surface area contributed by atoms with Gasteiger partial charge >= 0.3 is 0 Å². The Morgan fingerprint density at radius 1 is 1.28 bits per heavy atom. The molecule has 92 valence electrons. The van der Waals surface area contributed by atoms with E-state index in [0.29, 0.717) is 12.2 Å². The van der Waals surface area contributed by atoms with E-state index in [1.807, 2.05) is 32.0 Å². The molecular weight excluding hydrogens is 226 g/mol. The first-order valence-corrected chi connectivity index (χ1v) is 5.77. The number of nitrogens with zero attached hydrogens (tertiary/aromatic N) is 2. The summed E-state index contributed by atoms with van der Waals surface area (Å²) in [6.45, 7) is 4.02. The van der Waals surface area contributed by atoms with E-state index in [2.05, 4.69) is 15.3 Å². The second kappa shape index (κ2) is 5.40. The third-order valence-electron chi connectivity index (χ3n) is 2.69. The highest BCUT2D eigenvalue weighted by atomic mass is 16.1. The van der Waals surface area contributed by atoms with Gasteiger partial charge in [-0.05, 0) is 25.0 Å². The highest BCUT2D eigenvalue weighted by molar-refractivity contribution is 5.91. The van der Waals surface area contributed by atoms with Crippen LogP contribution in [-0.4, -0.2) is 15.9 Å². The van der Waals surface area contributed by atoms with Crippen molar-refractivity contribution in [3.05, 3.63) is 53.5 Å². The van der Waals surface area contributed by atoms with Crippen LogP contribution >= 0.6 is 0 Å². The van der Waals surface area contributed by atoms with Gasteiger partial charge in [-0.1, -0.05) is 23.8 Å². The Bertz CT molecular complexity index is 552. The second-order valence-corrected chi connectivity index (χ2v) is 4.25. The van der Waals surface area contributed by atoms with Crippen molar-refractivity contribution >= 4 is 11.7 Å². The second-order valence-electron chi connectivity index (χ2n) is 4.25. The molecule has 0 aliphatic carbocycles. The lowest BCUT2D eigenvalue weighted by atomic mass is 10.0. The van der Waals surface area contributed by atoms with Crippen molar-refractivity contribution < 1.29 is 4.79 Å². The predicted molar refractivity (Wildman–Crippen MR) is 70.3 cm³/mol. The largest absolute Gasteiger partial charge is 0.309 e. The summed E-state index contributed by atoms with van der Waals surface area (Å²) < 4.78 is 0.